The van der Waals surface area contributed by atoms with Crippen molar-refractivity contribution in [1.82, 2.24) is 10.2 Å². The fourth-order valence-corrected chi connectivity index (χ4v) is 2.76. The van der Waals surface area contributed by atoms with Crippen molar-refractivity contribution in [2.24, 2.45) is 5.92 Å². The van der Waals surface area contributed by atoms with E-state index in [2.05, 4.69) is 48.3 Å². The van der Waals surface area contributed by atoms with E-state index in [1.807, 2.05) is 24.3 Å². The van der Waals surface area contributed by atoms with E-state index in [9.17, 15) is 0 Å². The fourth-order valence-electron chi connectivity index (χ4n) is 2.55. The molecule has 3 heteroatoms. The van der Waals surface area contributed by atoms with Crippen molar-refractivity contribution in [1.29, 1.82) is 0 Å². The van der Waals surface area contributed by atoms with Gasteiger partial charge in [-0.05, 0) is 17.9 Å². The molecule has 0 radical (unpaired) electrons. The van der Waals surface area contributed by atoms with Crippen LogP contribution in [-0.2, 0) is 6.42 Å². The van der Waals surface area contributed by atoms with Crippen LogP contribution in [-0.4, -0.2) is 10.2 Å². The quantitative estimate of drug-likeness (QED) is 0.668. The van der Waals surface area contributed by atoms with Crippen molar-refractivity contribution >= 4 is 22.4 Å². The minimum absolute atomic E-state index is 0.450. The van der Waals surface area contributed by atoms with E-state index in [4.69, 9.17) is 11.6 Å². The lowest BCUT2D eigenvalue weighted by atomic mass is 9.99. The van der Waals surface area contributed by atoms with E-state index < -0.39 is 0 Å². The SMILES string of the molecule is CC(C)Cc1ccc(-c2nnc(Cl)c3ccccc23)cc1. The van der Waals surface area contributed by atoms with E-state index >= 15 is 0 Å². The molecule has 0 spiro atoms. The molecular weight excluding hydrogens is 280 g/mol. The van der Waals surface area contributed by atoms with E-state index in [0.29, 0.717) is 11.1 Å². The predicted molar refractivity (Wildman–Crippen MR) is 88.5 cm³/mol. The molecule has 3 rings (SSSR count). The van der Waals surface area contributed by atoms with Crippen molar-refractivity contribution in [3.8, 4) is 11.3 Å². The summed E-state index contributed by atoms with van der Waals surface area (Å²) in [5.41, 5.74) is 3.30. The Morgan fingerprint density at radius 3 is 2.24 bits per heavy atom. The predicted octanol–water partition coefficient (Wildman–Crippen LogP) is 5.15. The van der Waals surface area contributed by atoms with Gasteiger partial charge >= 0.3 is 0 Å². The number of hydrogen-bond donors (Lipinski definition) is 0. The number of rotatable bonds is 3. The third kappa shape index (κ3) is 2.91. The monoisotopic (exact) mass is 296 g/mol. The van der Waals surface area contributed by atoms with E-state index in [1.165, 1.54) is 5.56 Å². The number of aromatic nitrogens is 2. The molecule has 0 N–H and O–H groups in total. The number of benzene rings is 2. The lowest BCUT2D eigenvalue weighted by Crippen LogP contribution is -1.95. The summed E-state index contributed by atoms with van der Waals surface area (Å²) in [5, 5.41) is 10.8. The topological polar surface area (TPSA) is 25.8 Å². The van der Waals surface area contributed by atoms with Gasteiger partial charge in [0.15, 0.2) is 5.15 Å². The van der Waals surface area contributed by atoms with Gasteiger partial charge in [-0.25, -0.2) is 0 Å². The van der Waals surface area contributed by atoms with E-state index in [-0.39, 0.29) is 0 Å². The third-order valence-corrected chi connectivity index (χ3v) is 3.79. The van der Waals surface area contributed by atoms with Gasteiger partial charge in [0.25, 0.3) is 0 Å². The van der Waals surface area contributed by atoms with Gasteiger partial charge in [-0.1, -0.05) is 74.0 Å². The second kappa shape index (κ2) is 5.82. The molecule has 0 fully saturated rings. The summed E-state index contributed by atoms with van der Waals surface area (Å²) in [7, 11) is 0. The smallest absolute Gasteiger partial charge is 0.148 e. The molecule has 0 bridgehead atoms. The first-order chi connectivity index (χ1) is 10.1. The summed E-state index contributed by atoms with van der Waals surface area (Å²) in [6.07, 6.45) is 1.09. The van der Waals surface area contributed by atoms with Crippen molar-refractivity contribution in [3.63, 3.8) is 0 Å². The molecule has 2 nitrogen and oxygen atoms in total. The molecule has 106 valence electrons. The van der Waals surface area contributed by atoms with E-state index in [1.54, 1.807) is 0 Å². The van der Waals surface area contributed by atoms with Crippen molar-refractivity contribution in [2.75, 3.05) is 0 Å². The van der Waals surface area contributed by atoms with Crippen molar-refractivity contribution in [2.45, 2.75) is 20.3 Å². The average Bonchev–Trinajstić information content (AvgIpc) is 2.48. The van der Waals surface area contributed by atoms with Crippen molar-refractivity contribution < 1.29 is 0 Å². The minimum Gasteiger partial charge on any atom is -0.148 e. The normalized spacial score (nSPS) is 11.2. The maximum Gasteiger partial charge on any atom is 0.159 e. The lowest BCUT2D eigenvalue weighted by Gasteiger charge is -2.08. The van der Waals surface area contributed by atoms with Gasteiger partial charge in [-0.15, -0.1) is 10.2 Å². The summed E-state index contributed by atoms with van der Waals surface area (Å²) in [4.78, 5) is 0. The molecule has 3 aromatic rings. The number of fused-ring (bicyclic) bond motifs is 1. The molecule has 0 aliphatic heterocycles. The summed E-state index contributed by atoms with van der Waals surface area (Å²) >= 11 is 6.13. The zero-order valence-electron chi connectivity index (χ0n) is 12.2. The molecular formula is C18H17ClN2. The Labute approximate surface area is 129 Å². The van der Waals surface area contributed by atoms with Gasteiger partial charge in [0.2, 0.25) is 0 Å². The third-order valence-electron chi connectivity index (χ3n) is 3.51. The first kappa shape index (κ1) is 14.0. The Morgan fingerprint density at radius 2 is 1.57 bits per heavy atom. The molecule has 21 heavy (non-hydrogen) atoms. The van der Waals surface area contributed by atoms with Crippen LogP contribution in [0.5, 0.6) is 0 Å². The molecule has 1 heterocycles. The summed E-state index contributed by atoms with van der Waals surface area (Å²) in [6.45, 7) is 4.46. The molecule has 1 aromatic heterocycles. The minimum atomic E-state index is 0.450. The molecule has 0 saturated heterocycles. The Morgan fingerprint density at radius 1 is 0.905 bits per heavy atom. The van der Waals surface area contributed by atoms with Gasteiger partial charge in [0.05, 0.1) is 0 Å². The fraction of sp³-hybridized carbons (Fsp3) is 0.222. The van der Waals surface area contributed by atoms with Gasteiger partial charge in [0, 0.05) is 16.3 Å². The maximum absolute atomic E-state index is 6.13. The van der Waals surface area contributed by atoms with Crippen LogP contribution < -0.4 is 0 Å². The highest BCUT2D eigenvalue weighted by molar-refractivity contribution is 6.34. The molecule has 0 aliphatic carbocycles. The molecule has 2 aromatic carbocycles. The molecule has 0 unspecified atom stereocenters. The molecule has 0 aliphatic rings. The van der Waals surface area contributed by atoms with Gasteiger partial charge in [-0.3, -0.25) is 0 Å². The van der Waals surface area contributed by atoms with E-state index in [0.717, 1.165) is 28.5 Å². The Kier molecular flexibility index (Phi) is 3.89. The van der Waals surface area contributed by atoms with Crippen LogP contribution in [0.1, 0.15) is 19.4 Å². The average molecular weight is 297 g/mol. The summed E-state index contributed by atoms with van der Waals surface area (Å²) < 4.78 is 0. The zero-order chi connectivity index (χ0) is 14.8. The van der Waals surface area contributed by atoms with Crippen LogP contribution in [0.25, 0.3) is 22.0 Å². The lowest BCUT2D eigenvalue weighted by molar-refractivity contribution is 0.647. The van der Waals surface area contributed by atoms with Crippen LogP contribution in [0, 0.1) is 5.92 Å². The number of hydrogen-bond acceptors (Lipinski definition) is 2. The van der Waals surface area contributed by atoms with Crippen LogP contribution >= 0.6 is 11.6 Å². The molecule has 0 saturated carbocycles. The highest BCUT2D eigenvalue weighted by atomic mass is 35.5. The van der Waals surface area contributed by atoms with Crippen molar-refractivity contribution in [3.05, 3.63) is 59.2 Å². The summed E-state index contributed by atoms with van der Waals surface area (Å²) in [5.74, 6) is 0.659. The first-order valence-electron chi connectivity index (χ1n) is 7.15. The van der Waals surface area contributed by atoms with Gasteiger partial charge in [-0.2, -0.15) is 0 Å². The Balaban J connectivity index is 2.06. The zero-order valence-corrected chi connectivity index (χ0v) is 12.9. The Hall–Kier alpha value is -1.93. The van der Waals surface area contributed by atoms with Crippen LogP contribution in [0.3, 0.4) is 0 Å². The first-order valence-corrected chi connectivity index (χ1v) is 7.53. The maximum atomic E-state index is 6.13. The second-order valence-electron chi connectivity index (χ2n) is 5.68. The summed E-state index contributed by atoms with van der Waals surface area (Å²) in [6, 6.07) is 16.5. The number of nitrogens with zero attached hydrogens (tertiary/aromatic N) is 2. The van der Waals surface area contributed by atoms with Gasteiger partial charge < -0.3 is 0 Å². The standard InChI is InChI=1S/C18H17ClN2/c1-12(2)11-13-7-9-14(10-8-13)17-15-5-3-4-6-16(15)18(19)21-20-17/h3-10,12H,11H2,1-2H3. The van der Waals surface area contributed by atoms with Gasteiger partial charge in [0.1, 0.15) is 5.69 Å². The van der Waals surface area contributed by atoms with Crippen LogP contribution in [0.2, 0.25) is 5.15 Å². The molecule has 0 amide bonds. The molecule has 0 atom stereocenters. The second-order valence-corrected chi connectivity index (χ2v) is 6.04. The van der Waals surface area contributed by atoms with Crippen LogP contribution in [0.4, 0.5) is 0 Å². The largest absolute Gasteiger partial charge is 0.159 e. The number of halogens is 1. The highest BCUT2D eigenvalue weighted by Gasteiger charge is 2.09. The highest BCUT2D eigenvalue weighted by Crippen LogP contribution is 2.29. The van der Waals surface area contributed by atoms with Crippen LogP contribution in [0.15, 0.2) is 48.5 Å². The Bertz CT molecular complexity index is 764.